The van der Waals surface area contributed by atoms with E-state index in [-0.39, 0.29) is 11.7 Å². The molecule has 102 valence electrons. The summed E-state index contributed by atoms with van der Waals surface area (Å²) in [4.78, 5) is 23.7. The summed E-state index contributed by atoms with van der Waals surface area (Å²) in [6, 6.07) is 1.83. The van der Waals surface area contributed by atoms with Crippen molar-refractivity contribution in [3.63, 3.8) is 0 Å². The van der Waals surface area contributed by atoms with Gasteiger partial charge in [0.1, 0.15) is 18.2 Å². The quantitative estimate of drug-likeness (QED) is 0.879. The van der Waals surface area contributed by atoms with E-state index in [1.54, 1.807) is 0 Å². The molecule has 0 aliphatic heterocycles. The van der Waals surface area contributed by atoms with Gasteiger partial charge in [0.2, 0.25) is 0 Å². The Kier molecular flexibility index (Phi) is 3.64. The van der Waals surface area contributed by atoms with Gasteiger partial charge in [-0.1, -0.05) is 0 Å². The fourth-order valence-corrected chi connectivity index (χ4v) is 1.72. The van der Waals surface area contributed by atoms with Gasteiger partial charge in [0.15, 0.2) is 0 Å². The van der Waals surface area contributed by atoms with Gasteiger partial charge in [0, 0.05) is 17.8 Å². The fraction of sp³-hybridized carbons (Fsp3) is 0.333. The van der Waals surface area contributed by atoms with Gasteiger partial charge in [0.25, 0.3) is 0 Å². The summed E-state index contributed by atoms with van der Waals surface area (Å²) in [7, 11) is 0. The number of anilines is 1. The van der Waals surface area contributed by atoms with Gasteiger partial charge in [-0.05, 0) is 25.0 Å². The molecule has 0 unspecified atom stereocenters. The Balaban J connectivity index is 2.07. The average Bonchev–Trinajstić information content (AvgIpc) is 3.07. The molecular weight excluding hydrogens is 258 g/mol. The molecule has 0 radical (unpaired) electrons. The predicted octanol–water partition coefficient (Wildman–Crippen LogP) is 2.05. The molecule has 2 N–H and O–H groups in total. The lowest BCUT2D eigenvalue weighted by Gasteiger charge is -2.20. The molecule has 1 aromatic carbocycles. The summed E-state index contributed by atoms with van der Waals surface area (Å²) in [5.41, 5.74) is -0.0430. The zero-order valence-corrected chi connectivity index (χ0v) is 9.90. The van der Waals surface area contributed by atoms with E-state index in [9.17, 15) is 18.4 Å². The lowest BCUT2D eigenvalue weighted by atomic mass is 10.3. The summed E-state index contributed by atoms with van der Waals surface area (Å²) in [6.07, 6.45) is 1.47. The third-order valence-corrected chi connectivity index (χ3v) is 2.67. The smallest absolute Gasteiger partial charge is 0.323 e. The molecule has 5 nitrogen and oxygen atoms in total. The van der Waals surface area contributed by atoms with E-state index in [0.29, 0.717) is 6.07 Å². The lowest BCUT2D eigenvalue weighted by Crippen LogP contribution is -2.40. The zero-order chi connectivity index (χ0) is 14.0. The first-order valence-electron chi connectivity index (χ1n) is 5.71. The molecule has 7 heteroatoms. The first-order valence-corrected chi connectivity index (χ1v) is 5.71. The summed E-state index contributed by atoms with van der Waals surface area (Å²) < 4.78 is 25.9. The van der Waals surface area contributed by atoms with E-state index in [1.807, 2.05) is 0 Å². The minimum Gasteiger partial charge on any atom is -0.480 e. The Morgan fingerprint density at radius 3 is 2.32 bits per heavy atom. The van der Waals surface area contributed by atoms with E-state index in [0.717, 1.165) is 29.9 Å². The first kappa shape index (κ1) is 13.3. The standard InChI is InChI=1S/C12H12F2N2O3/c13-7-3-8(14)5-9(4-7)15-12(19)16(6-11(17)18)10-1-2-10/h3-5,10H,1-2,6H2,(H,15,19)(H,17,18). The van der Waals surface area contributed by atoms with Gasteiger partial charge < -0.3 is 15.3 Å². The highest BCUT2D eigenvalue weighted by molar-refractivity contribution is 5.91. The van der Waals surface area contributed by atoms with E-state index in [4.69, 9.17) is 5.11 Å². The topological polar surface area (TPSA) is 69.6 Å². The molecule has 1 saturated carbocycles. The second-order valence-corrected chi connectivity index (χ2v) is 4.34. The van der Waals surface area contributed by atoms with Gasteiger partial charge >= 0.3 is 12.0 Å². The number of halogens is 2. The van der Waals surface area contributed by atoms with Crippen LogP contribution in [0.2, 0.25) is 0 Å². The van der Waals surface area contributed by atoms with Crippen LogP contribution in [0.25, 0.3) is 0 Å². The van der Waals surface area contributed by atoms with Crippen LogP contribution in [-0.2, 0) is 4.79 Å². The van der Waals surface area contributed by atoms with Crippen LogP contribution >= 0.6 is 0 Å². The van der Waals surface area contributed by atoms with Gasteiger partial charge in [-0.25, -0.2) is 13.6 Å². The van der Waals surface area contributed by atoms with E-state index >= 15 is 0 Å². The number of amides is 2. The van der Waals surface area contributed by atoms with E-state index in [1.165, 1.54) is 0 Å². The fourth-order valence-electron chi connectivity index (χ4n) is 1.72. The van der Waals surface area contributed by atoms with Crippen LogP contribution in [0, 0.1) is 11.6 Å². The molecule has 0 heterocycles. The molecule has 0 bridgehead atoms. The normalized spacial score (nSPS) is 14.0. The maximum absolute atomic E-state index is 13.0. The minimum atomic E-state index is -1.13. The molecule has 0 spiro atoms. The van der Waals surface area contributed by atoms with Crippen LogP contribution in [0.5, 0.6) is 0 Å². The van der Waals surface area contributed by atoms with Crippen LogP contribution in [0.1, 0.15) is 12.8 Å². The predicted molar refractivity (Wildman–Crippen MR) is 62.7 cm³/mol. The molecular formula is C12H12F2N2O3. The number of aliphatic carboxylic acids is 1. The Hall–Kier alpha value is -2.18. The van der Waals surface area contributed by atoms with E-state index in [2.05, 4.69) is 5.32 Å². The van der Waals surface area contributed by atoms with Crippen LogP contribution in [0.15, 0.2) is 18.2 Å². The van der Waals surface area contributed by atoms with Gasteiger partial charge in [-0.15, -0.1) is 0 Å². The Bertz CT molecular complexity index is 497. The monoisotopic (exact) mass is 270 g/mol. The van der Waals surface area contributed by atoms with Crippen molar-refractivity contribution >= 4 is 17.7 Å². The summed E-state index contributed by atoms with van der Waals surface area (Å²) >= 11 is 0. The third kappa shape index (κ3) is 3.64. The number of rotatable bonds is 4. The van der Waals surface area contributed by atoms with Gasteiger partial charge in [0.05, 0.1) is 0 Å². The van der Waals surface area contributed by atoms with Crippen molar-refractivity contribution in [2.24, 2.45) is 0 Å². The zero-order valence-electron chi connectivity index (χ0n) is 9.90. The molecule has 1 aromatic rings. The van der Waals surface area contributed by atoms with Crippen LogP contribution < -0.4 is 5.32 Å². The third-order valence-electron chi connectivity index (χ3n) is 2.67. The number of nitrogens with one attached hydrogen (secondary N) is 1. The molecule has 0 atom stereocenters. The maximum atomic E-state index is 13.0. The van der Waals surface area contributed by atoms with Crippen molar-refractivity contribution in [3.05, 3.63) is 29.8 Å². The van der Waals surface area contributed by atoms with Crippen molar-refractivity contribution in [1.29, 1.82) is 0 Å². The van der Waals surface area contributed by atoms with Crippen molar-refractivity contribution < 1.29 is 23.5 Å². The molecule has 2 amide bonds. The summed E-state index contributed by atoms with van der Waals surface area (Å²) in [5.74, 6) is -2.76. The number of carbonyl (C=O) groups excluding carboxylic acids is 1. The second-order valence-electron chi connectivity index (χ2n) is 4.34. The van der Waals surface area contributed by atoms with Crippen molar-refractivity contribution in [3.8, 4) is 0 Å². The number of carboxylic acids is 1. The van der Waals surface area contributed by atoms with Gasteiger partial charge in [-0.2, -0.15) is 0 Å². The van der Waals surface area contributed by atoms with Crippen LogP contribution in [0.4, 0.5) is 19.3 Å². The number of carbonyl (C=O) groups is 2. The number of benzene rings is 1. The molecule has 19 heavy (non-hydrogen) atoms. The summed E-state index contributed by atoms with van der Waals surface area (Å²) in [5, 5.41) is 11.0. The highest BCUT2D eigenvalue weighted by Gasteiger charge is 2.33. The highest BCUT2D eigenvalue weighted by atomic mass is 19.1. The van der Waals surface area contributed by atoms with E-state index < -0.39 is 30.2 Å². The Labute approximate surface area is 107 Å². The molecule has 1 aliphatic carbocycles. The molecule has 1 aliphatic rings. The number of nitrogens with zero attached hydrogens (tertiary/aromatic N) is 1. The molecule has 2 rings (SSSR count). The lowest BCUT2D eigenvalue weighted by molar-refractivity contribution is -0.137. The highest BCUT2D eigenvalue weighted by Crippen LogP contribution is 2.27. The van der Waals surface area contributed by atoms with Crippen LogP contribution in [-0.4, -0.2) is 34.6 Å². The number of urea groups is 1. The molecule has 1 fully saturated rings. The molecule has 0 aromatic heterocycles. The Morgan fingerprint density at radius 1 is 1.26 bits per heavy atom. The first-order chi connectivity index (χ1) is 8.95. The van der Waals surface area contributed by atoms with Crippen molar-refractivity contribution in [2.45, 2.75) is 18.9 Å². The summed E-state index contributed by atoms with van der Waals surface area (Å²) in [6.45, 7) is -0.436. The average molecular weight is 270 g/mol. The van der Waals surface area contributed by atoms with Crippen LogP contribution in [0.3, 0.4) is 0 Å². The minimum absolute atomic E-state index is 0.0430. The van der Waals surface area contributed by atoms with Crippen molar-refractivity contribution in [1.82, 2.24) is 4.90 Å². The Morgan fingerprint density at radius 2 is 1.84 bits per heavy atom. The largest absolute Gasteiger partial charge is 0.480 e. The number of hydrogen-bond acceptors (Lipinski definition) is 2. The van der Waals surface area contributed by atoms with Gasteiger partial charge in [-0.3, -0.25) is 4.79 Å². The molecule has 0 saturated heterocycles. The second kappa shape index (κ2) is 5.21. The maximum Gasteiger partial charge on any atom is 0.323 e. The number of hydrogen-bond donors (Lipinski definition) is 2. The number of carboxylic acid groups (broad SMARTS) is 1. The van der Waals surface area contributed by atoms with Crippen molar-refractivity contribution in [2.75, 3.05) is 11.9 Å². The SMILES string of the molecule is O=C(O)CN(C(=O)Nc1cc(F)cc(F)c1)C1CC1.